The molecule has 1 aliphatic heterocycles. The Morgan fingerprint density at radius 2 is 1.79 bits per heavy atom. The van der Waals surface area contributed by atoms with Crippen LogP contribution in [0.4, 0.5) is 0 Å². The van der Waals surface area contributed by atoms with Gasteiger partial charge < -0.3 is 29.4 Å². The number of para-hydroxylation sites is 1. The molecule has 0 radical (unpaired) electrons. The summed E-state index contributed by atoms with van der Waals surface area (Å²) in [4.78, 5) is 26.4. The number of benzene rings is 2. The third kappa shape index (κ3) is 4.26. The summed E-state index contributed by atoms with van der Waals surface area (Å²) in [7, 11) is 0. The SMILES string of the molecule is O=C(CC(c1cc2c(cc1O)OCO2)c1coc2ccccc2c1=O)NC1CCC(O)CC1. The number of phenolic OH excluding ortho intramolecular Hbond substituents is 1. The molecule has 8 heteroatoms. The third-order valence-corrected chi connectivity index (χ3v) is 6.43. The fourth-order valence-corrected chi connectivity index (χ4v) is 4.64. The molecule has 2 heterocycles. The van der Waals surface area contributed by atoms with Gasteiger partial charge in [-0.3, -0.25) is 9.59 Å². The molecule has 3 N–H and O–H groups in total. The van der Waals surface area contributed by atoms with Crippen LogP contribution < -0.4 is 20.2 Å². The Bertz CT molecular complexity index is 1240. The third-order valence-electron chi connectivity index (χ3n) is 6.43. The Labute approximate surface area is 189 Å². The second kappa shape index (κ2) is 8.78. The van der Waals surface area contributed by atoms with Crippen LogP contribution in [0, 0.1) is 0 Å². The number of amides is 1. The number of fused-ring (bicyclic) bond motifs is 2. The number of aromatic hydroxyl groups is 1. The quantitative estimate of drug-likeness (QED) is 0.545. The molecule has 0 saturated heterocycles. The second-order valence-electron chi connectivity index (χ2n) is 8.61. The topological polar surface area (TPSA) is 118 Å². The van der Waals surface area contributed by atoms with Gasteiger partial charge in [-0.15, -0.1) is 0 Å². The number of aliphatic hydroxyl groups is 1. The van der Waals surface area contributed by atoms with Gasteiger partial charge >= 0.3 is 0 Å². The van der Waals surface area contributed by atoms with E-state index < -0.39 is 5.92 Å². The van der Waals surface area contributed by atoms with Gasteiger partial charge in [0.2, 0.25) is 12.7 Å². The number of nitrogens with one attached hydrogen (secondary N) is 1. The average molecular weight is 451 g/mol. The normalized spacial score (nSPS) is 20.5. The zero-order chi connectivity index (χ0) is 22.9. The van der Waals surface area contributed by atoms with E-state index in [0.717, 1.165) is 0 Å². The summed E-state index contributed by atoms with van der Waals surface area (Å²) >= 11 is 0. The molecule has 1 unspecified atom stereocenters. The molecule has 1 aliphatic carbocycles. The molecule has 1 amide bonds. The number of hydrogen-bond donors (Lipinski definition) is 3. The summed E-state index contributed by atoms with van der Waals surface area (Å²) in [5.41, 5.74) is 0.853. The van der Waals surface area contributed by atoms with Gasteiger partial charge in [0.15, 0.2) is 16.9 Å². The molecular weight excluding hydrogens is 426 g/mol. The Hall–Kier alpha value is -3.52. The Balaban J connectivity index is 1.51. The number of hydrogen-bond acceptors (Lipinski definition) is 7. The van der Waals surface area contributed by atoms with Crippen LogP contribution in [0.1, 0.15) is 49.1 Å². The van der Waals surface area contributed by atoms with Crippen molar-refractivity contribution in [3.05, 3.63) is 64.0 Å². The molecule has 2 aliphatic rings. The van der Waals surface area contributed by atoms with E-state index in [-0.39, 0.29) is 48.0 Å². The fraction of sp³-hybridized carbons (Fsp3) is 0.360. The van der Waals surface area contributed by atoms with Crippen LogP contribution in [-0.4, -0.2) is 35.1 Å². The minimum atomic E-state index is -0.755. The van der Waals surface area contributed by atoms with Gasteiger partial charge in [0, 0.05) is 35.6 Å². The molecule has 8 nitrogen and oxygen atoms in total. The van der Waals surface area contributed by atoms with Crippen LogP contribution in [0.15, 0.2) is 51.9 Å². The molecule has 1 saturated carbocycles. The Morgan fingerprint density at radius 1 is 1.06 bits per heavy atom. The van der Waals surface area contributed by atoms with Gasteiger partial charge in [-0.1, -0.05) is 12.1 Å². The van der Waals surface area contributed by atoms with Gasteiger partial charge in [-0.25, -0.2) is 0 Å². The van der Waals surface area contributed by atoms with Gasteiger partial charge in [0.25, 0.3) is 0 Å². The minimum absolute atomic E-state index is 0.0279. The molecule has 1 atom stereocenters. The summed E-state index contributed by atoms with van der Waals surface area (Å²) in [5.74, 6) is -0.239. The molecule has 172 valence electrons. The number of rotatable bonds is 5. The monoisotopic (exact) mass is 451 g/mol. The van der Waals surface area contributed by atoms with Crippen molar-refractivity contribution >= 4 is 16.9 Å². The van der Waals surface area contributed by atoms with E-state index in [1.165, 1.54) is 12.3 Å². The van der Waals surface area contributed by atoms with Crippen LogP contribution in [0.3, 0.4) is 0 Å². The van der Waals surface area contributed by atoms with Crippen molar-refractivity contribution in [1.29, 1.82) is 0 Å². The van der Waals surface area contributed by atoms with Crippen LogP contribution in [0.25, 0.3) is 11.0 Å². The predicted molar refractivity (Wildman–Crippen MR) is 120 cm³/mol. The van der Waals surface area contributed by atoms with Crippen LogP contribution >= 0.6 is 0 Å². The molecule has 2 aromatic carbocycles. The Kier molecular flexibility index (Phi) is 5.68. The van der Waals surface area contributed by atoms with E-state index in [1.54, 1.807) is 30.3 Å². The highest BCUT2D eigenvalue weighted by atomic mass is 16.7. The lowest BCUT2D eigenvalue weighted by molar-refractivity contribution is -0.122. The van der Waals surface area contributed by atoms with Gasteiger partial charge in [0.1, 0.15) is 11.3 Å². The highest BCUT2D eigenvalue weighted by Gasteiger charge is 2.29. The fourth-order valence-electron chi connectivity index (χ4n) is 4.64. The summed E-state index contributed by atoms with van der Waals surface area (Å²) in [5, 5.41) is 23.9. The number of aliphatic hydroxyl groups excluding tert-OH is 1. The molecule has 1 fully saturated rings. The zero-order valence-electron chi connectivity index (χ0n) is 18.0. The van der Waals surface area contributed by atoms with Crippen molar-refractivity contribution in [2.45, 2.75) is 50.2 Å². The van der Waals surface area contributed by atoms with Gasteiger partial charge in [-0.05, 0) is 43.9 Å². The standard InChI is InChI=1S/C25H25NO7/c27-15-7-5-14(6-8-15)26-24(29)10-17(18-9-22-23(11-20(18)28)33-13-32-22)19-12-31-21-4-2-1-3-16(21)25(19)30/h1-4,9,11-12,14-15,17,27-28H,5-8,10,13H2,(H,26,29). The predicted octanol–water partition coefficient (Wildman–Crippen LogP) is 3.17. The van der Waals surface area contributed by atoms with Crippen LogP contribution in [-0.2, 0) is 4.79 Å². The molecule has 1 aromatic heterocycles. The van der Waals surface area contributed by atoms with Crippen molar-refractivity contribution in [2.75, 3.05) is 6.79 Å². The molecule has 33 heavy (non-hydrogen) atoms. The number of carbonyl (C=O) groups excluding carboxylic acids is 1. The number of phenols is 1. The molecule has 3 aromatic rings. The number of carbonyl (C=O) groups is 1. The van der Waals surface area contributed by atoms with E-state index in [2.05, 4.69) is 5.32 Å². The maximum Gasteiger partial charge on any atom is 0.231 e. The highest BCUT2D eigenvalue weighted by molar-refractivity contribution is 5.80. The summed E-state index contributed by atoms with van der Waals surface area (Å²) in [6.45, 7) is 0.0367. The molecule has 0 spiro atoms. The van der Waals surface area contributed by atoms with Crippen molar-refractivity contribution in [2.24, 2.45) is 0 Å². The maximum atomic E-state index is 13.3. The second-order valence-corrected chi connectivity index (χ2v) is 8.61. The van der Waals surface area contributed by atoms with Gasteiger partial charge in [-0.2, -0.15) is 0 Å². The first-order chi connectivity index (χ1) is 16.0. The molecular formula is C25H25NO7. The largest absolute Gasteiger partial charge is 0.508 e. The van der Waals surface area contributed by atoms with Crippen LogP contribution in [0.2, 0.25) is 0 Å². The average Bonchev–Trinajstić information content (AvgIpc) is 3.26. The van der Waals surface area contributed by atoms with Crippen molar-refractivity contribution in [1.82, 2.24) is 5.32 Å². The molecule has 5 rings (SSSR count). The summed E-state index contributed by atoms with van der Waals surface area (Å²) in [6.07, 6.45) is 3.67. The summed E-state index contributed by atoms with van der Waals surface area (Å²) in [6, 6.07) is 9.93. The first-order valence-corrected chi connectivity index (χ1v) is 11.1. The van der Waals surface area contributed by atoms with Crippen molar-refractivity contribution < 1.29 is 28.9 Å². The van der Waals surface area contributed by atoms with Crippen LogP contribution in [0.5, 0.6) is 17.2 Å². The lowest BCUT2D eigenvalue weighted by Gasteiger charge is -2.27. The van der Waals surface area contributed by atoms with E-state index >= 15 is 0 Å². The highest BCUT2D eigenvalue weighted by Crippen LogP contribution is 2.42. The number of ether oxygens (including phenoxy) is 2. The van der Waals surface area contributed by atoms with Crippen molar-refractivity contribution in [3.63, 3.8) is 0 Å². The lowest BCUT2D eigenvalue weighted by Crippen LogP contribution is -2.39. The smallest absolute Gasteiger partial charge is 0.231 e. The van der Waals surface area contributed by atoms with E-state index in [0.29, 0.717) is 53.7 Å². The van der Waals surface area contributed by atoms with Gasteiger partial charge in [0.05, 0.1) is 17.8 Å². The zero-order valence-corrected chi connectivity index (χ0v) is 18.0. The summed E-state index contributed by atoms with van der Waals surface area (Å²) < 4.78 is 16.5. The first-order valence-electron chi connectivity index (χ1n) is 11.1. The Morgan fingerprint density at radius 3 is 2.58 bits per heavy atom. The molecule has 0 bridgehead atoms. The minimum Gasteiger partial charge on any atom is -0.508 e. The first kappa shape index (κ1) is 21.3. The lowest BCUT2D eigenvalue weighted by atomic mass is 9.87. The van der Waals surface area contributed by atoms with Crippen molar-refractivity contribution in [3.8, 4) is 17.2 Å². The van der Waals surface area contributed by atoms with E-state index in [4.69, 9.17) is 13.9 Å². The van der Waals surface area contributed by atoms with E-state index in [9.17, 15) is 19.8 Å². The maximum absolute atomic E-state index is 13.3. The van der Waals surface area contributed by atoms with E-state index in [1.807, 2.05) is 0 Å².